The number of para-hydroxylation sites is 1. The minimum absolute atomic E-state index is 1.27. The fourth-order valence-corrected chi connectivity index (χ4v) is 14.8. The average Bonchev–Trinajstić information content (AvgIpc) is 0.779. The molecule has 102 heavy (non-hydrogen) atoms. The molecule has 512 valence electrons. The molecule has 0 aliphatic rings. The molecule has 15 aromatic rings. The molecule has 5 heteroatoms. The van der Waals surface area contributed by atoms with E-state index in [4.69, 9.17) is 0 Å². The van der Waals surface area contributed by atoms with Crippen molar-refractivity contribution in [2.45, 2.75) is 118 Å². The SMILES string of the molecule is Cc1cc(C)c(C)c(-c2ccc3c(C)cccc3[n+]2C)c1.Cc1cc(C)c(C)c(-c2ccc3ccc(C)cc3[n+]2C)c1.Cc1cc(C)c(C)c(-c2ccc3ccccc3[n+]2C)c1.Cc1ccc(C)c(-c2ccc3c(C)cccc3[n+]2C)c1.Cc1ccc(C)c(-c2ccc3ccc(C)cc3[n+]2C)c1. The molecule has 0 fully saturated rings. The molecule has 0 saturated carbocycles. The van der Waals surface area contributed by atoms with Crippen LogP contribution < -0.4 is 22.8 Å². The summed E-state index contributed by atoms with van der Waals surface area (Å²) in [6.07, 6.45) is 0. The molecular formula is C97H104N5+5. The van der Waals surface area contributed by atoms with Crippen molar-refractivity contribution in [2.24, 2.45) is 35.2 Å². The number of aromatic nitrogens is 5. The van der Waals surface area contributed by atoms with Crippen molar-refractivity contribution in [3.63, 3.8) is 0 Å². The number of nitrogens with zero attached hydrogens (tertiary/aromatic N) is 5. The highest BCUT2D eigenvalue weighted by Crippen LogP contribution is 2.32. The number of hydrogen-bond donors (Lipinski definition) is 0. The van der Waals surface area contributed by atoms with E-state index in [9.17, 15) is 0 Å². The van der Waals surface area contributed by atoms with Crippen LogP contribution in [0.25, 0.3) is 111 Å². The van der Waals surface area contributed by atoms with Gasteiger partial charge >= 0.3 is 0 Å². The molecular weight excluding hydrogens is 1240 g/mol. The van der Waals surface area contributed by atoms with E-state index < -0.39 is 0 Å². The monoisotopic (exact) mass is 1340 g/mol. The molecule has 0 aliphatic heterocycles. The second-order valence-corrected chi connectivity index (χ2v) is 29.0. The maximum Gasteiger partial charge on any atom is 0.213 e. The molecule has 0 saturated heterocycles. The molecule has 0 N–H and O–H groups in total. The molecule has 0 bridgehead atoms. The Morgan fingerprint density at radius 3 is 0.833 bits per heavy atom. The van der Waals surface area contributed by atoms with Gasteiger partial charge in [0.25, 0.3) is 0 Å². The van der Waals surface area contributed by atoms with Gasteiger partial charge in [0.1, 0.15) is 35.2 Å². The van der Waals surface area contributed by atoms with Gasteiger partial charge in [-0.25, -0.2) is 0 Å². The number of pyridine rings is 5. The Hall–Kier alpha value is -10.8. The summed E-state index contributed by atoms with van der Waals surface area (Å²) >= 11 is 0. The quantitative estimate of drug-likeness (QED) is 0.153. The van der Waals surface area contributed by atoms with E-state index in [0.717, 1.165) is 0 Å². The molecule has 0 aliphatic carbocycles. The molecule has 0 radical (unpaired) electrons. The zero-order chi connectivity index (χ0) is 73.1. The molecule has 0 unspecified atom stereocenters. The van der Waals surface area contributed by atoms with Crippen molar-refractivity contribution in [3.8, 4) is 56.3 Å². The van der Waals surface area contributed by atoms with E-state index in [-0.39, 0.29) is 0 Å². The van der Waals surface area contributed by atoms with Crippen molar-refractivity contribution in [1.82, 2.24) is 0 Å². The van der Waals surface area contributed by atoms with Gasteiger partial charge in [0, 0.05) is 115 Å². The van der Waals surface area contributed by atoms with Crippen LogP contribution in [0.5, 0.6) is 0 Å². The number of hydrogen-bond acceptors (Lipinski definition) is 0. The average molecular weight is 1340 g/mol. The summed E-state index contributed by atoms with van der Waals surface area (Å²) in [6, 6.07) is 84.0. The molecule has 0 amide bonds. The van der Waals surface area contributed by atoms with Crippen LogP contribution in [0.1, 0.15) is 94.6 Å². The van der Waals surface area contributed by atoms with Crippen LogP contribution >= 0.6 is 0 Å². The van der Waals surface area contributed by atoms with E-state index in [1.807, 2.05) is 0 Å². The van der Waals surface area contributed by atoms with Gasteiger partial charge < -0.3 is 0 Å². The molecule has 0 spiro atoms. The van der Waals surface area contributed by atoms with E-state index in [1.54, 1.807) is 0 Å². The Balaban J connectivity index is 0.000000128. The fraction of sp³-hybridized carbons (Fsp3) is 0.227. The molecule has 5 nitrogen and oxygen atoms in total. The summed E-state index contributed by atoms with van der Waals surface area (Å²) < 4.78 is 11.5. The Kier molecular flexibility index (Phi) is 21.8. The first-order valence-electron chi connectivity index (χ1n) is 36.0. The summed E-state index contributed by atoms with van der Waals surface area (Å²) in [6.45, 7) is 37.0. The van der Waals surface area contributed by atoms with Crippen molar-refractivity contribution in [2.75, 3.05) is 0 Å². The first kappa shape index (κ1) is 72.5. The summed E-state index contributed by atoms with van der Waals surface area (Å²) in [7, 11) is 10.8. The number of benzene rings is 10. The lowest BCUT2D eigenvalue weighted by Crippen LogP contribution is -2.32. The Morgan fingerprint density at radius 1 is 0.176 bits per heavy atom. The third-order valence-corrected chi connectivity index (χ3v) is 21.2. The Bertz CT molecular complexity index is 5590. The van der Waals surface area contributed by atoms with Gasteiger partial charge in [0.2, 0.25) is 56.1 Å². The normalized spacial score (nSPS) is 11.0. The van der Waals surface area contributed by atoms with Crippen LogP contribution in [-0.2, 0) is 35.2 Å². The van der Waals surface area contributed by atoms with Crippen LogP contribution in [-0.4, -0.2) is 0 Å². The lowest BCUT2D eigenvalue weighted by molar-refractivity contribution is -0.633. The number of rotatable bonds is 5. The van der Waals surface area contributed by atoms with E-state index in [2.05, 4.69) is 406 Å². The van der Waals surface area contributed by atoms with Gasteiger partial charge in [-0.2, -0.15) is 22.8 Å². The van der Waals surface area contributed by atoms with Gasteiger partial charge in [-0.3, -0.25) is 0 Å². The summed E-state index contributed by atoms with van der Waals surface area (Å²) in [4.78, 5) is 0. The van der Waals surface area contributed by atoms with Gasteiger partial charge in [0.15, 0.2) is 0 Å². The van der Waals surface area contributed by atoms with Crippen LogP contribution in [0.3, 0.4) is 0 Å². The van der Waals surface area contributed by atoms with Crippen LogP contribution in [0.2, 0.25) is 0 Å². The third-order valence-electron chi connectivity index (χ3n) is 21.2. The van der Waals surface area contributed by atoms with Crippen molar-refractivity contribution in [3.05, 3.63) is 325 Å². The van der Waals surface area contributed by atoms with Crippen molar-refractivity contribution < 1.29 is 22.8 Å². The Morgan fingerprint density at radius 2 is 0.451 bits per heavy atom. The summed E-state index contributed by atoms with van der Waals surface area (Å²) in [5, 5.41) is 6.50. The lowest BCUT2D eigenvalue weighted by Gasteiger charge is -2.10. The second-order valence-electron chi connectivity index (χ2n) is 29.0. The molecule has 5 heterocycles. The van der Waals surface area contributed by atoms with E-state index in [1.165, 1.54) is 205 Å². The van der Waals surface area contributed by atoms with E-state index >= 15 is 0 Å². The Labute approximate surface area is 608 Å². The van der Waals surface area contributed by atoms with Gasteiger partial charge in [0.05, 0.1) is 0 Å². The topological polar surface area (TPSA) is 19.4 Å². The summed E-state index contributed by atoms with van der Waals surface area (Å²) in [5.74, 6) is 0. The number of aryl methyl sites for hydroxylation is 19. The molecule has 10 aromatic carbocycles. The smallest absolute Gasteiger partial charge is 0.194 e. The van der Waals surface area contributed by atoms with Crippen molar-refractivity contribution >= 4 is 54.5 Å². The minimum Gasteiger partial charge on any atom is -0.194 e. The lowest BCUT2D eigenvalue weighted by atomic mass is 9.96. The maximum absolute atomic E-state index is 2.31. The van der Waals surface area contributed by atoms with Crippen LogP contribution in [0.4, 0.5) is 0 Å². The van der Waals surface area contributed by atoms with Gasteiger partial charge in [-0.15, -0.1) is 0 Å². The zero-order valence-corrected chi connectivity index (χ0v) is 64.7. The van der Waals surface area contributed by atoms with Gasteiger partial charge in [-0.1, -0.05) is 119 Å². The van der Waals surface area contributed by atoms with Crippen LogP contribution in [0, 0.1) is 118 Å². The van der Waals surface area contributed by atoms with Gasteiger partial charge in [-0.05, 0) is 263 Å². The second kappa shape index (κ2) is 30.6. The molecule has 15 rings (SSSR count). The largest absolute Gasteiger partial charge is 0.213 e. The standard InChI is InChI=1S/2C20H22N.3C19H20N/c1-13-6-7-17-8-9-19(21(5)20(17)12-13)18-11-14(2)10-15(3)16(18)4;1-13-11-15(3)16(4)18(12-13)20-10-9-17-14(2)7-6-8-19(17)21(20)5;1-13-5-7-15(3)17(11-13)18-10-9-16-8-6-14(2)12-19(16)20(18)4;1-13-8-9-15(3)17(12-13)19-11-10-16-14(2)6-5-7-18(16)20(19)4;1-13-11-14(2)15(3)17(12-13)19-10-9-16-7-5-6-8-18(16)20(19)4/h2*6-12H,1-5H3;3*5-12H,1-4H3/q5*+1. The fourth-order valence-electron chi connectivity index (χ4n) is 14.8. The minimum atomic E-state index is 1.27. The zero-order valence-electron chi connectivity index (χ0n) is 64.7. The maximum atomic E-state index is 2.31. The van der Waals surface area contributed by atoms with Crippen LogP contribution in [0.15, 0.2) is 231 Å². The third kappa shape index (κ3) is 15.3. The number of fused-ring (bicyclic) bond motifs is 5. The van der Waals surface area contributed by atoms with E-state index in [0.29, 0.717) is 0 Å². The van der Waals surface area contributed by atoms with Crippen molar-refractivity contribution in [1.29, 1.82) is 0 Å². The predicted octanol–water partition coefficient (Wildman–Crippen LogP) is 21.9. The summed E-state index contributed by atoms with van der Waals surface area (Å²) in [5.41, 5.74) is 42.0. The first-order chi connectivity index (χ1) is 48.7. The first-order valence-corrected chi connectivity index (χ1v) is 36.0. The highest BCUT2D eigenvalue weighted by atomic mass is 15.0. The highest BCUT2D eigenvalue weighted by molar-refractivity contribution is 5.84. The molecule has 5 aromatic heterocycles. The highest BCUT2D eigenvalue weighted by Gasteiger charge is 2.23. The molecule has 0 atom stereocenters. The predicted molar refractivity (Wildman–Crippen MR) is 433 cm³/mol.